The van der Waals surface area contributed by atoms with Crippen LogP contribution in [0.3, 0.4) is 0 Å². The lowest BCUT2D eigenvalue weighted by atomic mass is 9.94. The third-order valence-corrected chi connectivity index (χ3v) is 3.68. The molecular weight excluding hydrogens is 357 g/mol. The molecule has 0 unspecified atom stereocenters. The van der Waals surface area contributed by atoms with E-state index in [0.717, 1.165) is 18.4 Å². The van der Waals surface area contributed by atoms with Crippen LogP contribution >= 0.6 is 0 Å². The molecule has 0 spiro atoms. The SMILES string of the molecule is C=C[C@@H]1C[C@H](C(=O)O)N[C@@H]1CCC(=C)CNC(C)=O.O=C(O)C(F)(F)F. The van der Waals surface area contributed by atoms with Gasteiger partial charge in [0.2, 0.25) is 5.91 Å². The number of hydrogen-bond acceptors (Lipinski definition) is 4. The summed E-state index contributed by atoms with van der Waals surface area (Å²) < 4.78 is 31.7. The Labute approximate surface area is 149 Å². The maximum absolute atomic E-state index is 11.0. The summed E-state index contributed by atoms with van der Waals surface area (Å²) in [6, 6.07) is -0.371. The zero-order valence-electron chi connectivity index (χ0n) is 14.3. The van der Waals surface area contributed by atoms with Crippen molar-refractivity contribution in [2.45, 2.75) is 44.4 Å². The Morgan fingerprint density at radius 2 is 1.85 bits per heavy atom. The molecule has 26 heavy (non-hydrogen) atoms. The summed E-state index contributed by atoms with van der Waals surface area (Å²) in [4.78, 5) is 30.6. The van der Waals surface area contributed by atoms with Crippen molar-refractivity contribution in [3.8, 4) is 0 Å². The Balaban J connectivity index is 0.000000758. The molecule has 3 atom stereocenters. The van der Waals surface area contributed by atoms with Crippen LogP contribution in [0.2, 0.25) is 0 Å². The molecule has 0 aliphatic carbocycles. The van der Waals surface area contributed by atoms with Crippen molar-refractivity contribution in [2.24, 2.45) is 5.92 Å². The van der Waals surface area contributed by atoms with Gasteiger partial charge >= 0.3 is 18.1 Å². The Morgan fingerprint density at radius 1 is 1.31 bits per heavy atom. The summed E-state index contributed by atoms with van der Waals surface area (Å²) in [5.41, 5.74) is 0.943. The van der Waals surface area contributed by atoms with Gasteiger partial charge in [0.05, 0.1) is 0 Å². The number of carbonyl (C=O) groups is 3. The smallest absolute Gasteiger partial charge is 0.480 e. The minimum atomic E-state index is -5.08. The summed E-state index contributed by atoms with van der Waals surface area (Å²) in [6.07, 6.45) is -1.12. The van der Waals surface area contributed by atoms with Gasteiger partial charge < -0.3 is 20.8 Å². The first kappa shape index (κ1) is 23.6. The van der Waals surface area contributed by atoms with Crippen LogP contribution in [-0.2, 0) is 14.4 Å². The quantitative estimate of drug-likeness (QED) is 0.500. The average Bonchev–Trinajstić information content (AvgIpc) is 2.94. The molecule has 10 heteroatoms. The van der Waals surface area contributed by atoms with Gasteiger partial charge in [-0.2, -0.15) is 13.2 Å². The number of nitrogens with one attached hydrogen (secondary N) is 2. The predicted octanol–water partition coefficient (Wildman–Crippen LogP) is 1.71. The zero-order valence-corrected chi connectivity index (χ0v) is 14.3. The topological polar surface area (TPSA) is 116 Å². The molecule has 0 radical (unpaired) electrons. The highest BCUT2D eigenvalue weighted by molar-refractivity contribution is 5.74. The third kappa shape index (κ3) is 9.21. The summed E-state index contributed by atoms with van der Waals surface area (Å²) in [5.74, 6) is -3.47. The van der Waals surface area contributed by atoms with Gasteiger partial charge in [-0.05, 0) is 25.2 Å². The highest BCUT2D eigenvalue weighted by Gasteiger charge is 2.38. The van der Waals surface area contributed by atoms with Gasteiger partial charge in [-0.1, -0.05) is 18.2 Å². The zero-order chi connectivity index (χ0) is 20.5. The summed E-state index contributed by atoms with van der Waals surface area (Å²) in [5, 5.41) is 21.9. The fourth-order valence-corrected chi connectivity index (χ4v) is 2.31. The van der Waals surface area contributed by atoms with E-state index in [0.29, 0.717) is 13.0 Å². The second-order valence-corrected chi connectivity index (χ2v) is 5.80. The predicted molar refractivity (Wildman–Crippen MR) is 87.4 cm³/mol. The first-order valence-corrected chi connectivity index (χ1v) is 7.71. The van der Waals surface area contributed by atoms with Gasteiger partial charge in [-0.25, -0.2) is 4.79 Å². The standard InChI is InChI=1S/C14H22N2O3.C2HF3O2/c1-4-11-7-13(14(18)19)16-12(11)6-5-9(2)8-15-10(3)17;3-2(4,5)1(6)7/h4,11-13,16H,1-2,5-8H2,3H3,(H,15,17)(H,18,19);(H,6,7)/t11-,12-,13-;/m1./s1. The van der Waals surface area contributed by atoms with E-state index in [1.54, 1.807) is 0 Å². The van der Waals surface area contributed by atoms with E-state index in [-0.39, 0.29) is 17.9 Å². The van der Waals surface area contributed by atoms with Gasteiger partial charge in [0.25, 0.3) is 0 Å². The van der Waals surface area contributed by atoms with E-state index in [9.17, 15) is 22.8 Å². The van der Waals surface area contributed by atoms with Crippen molar-refractivity contribution in [3.05, 3.63) is 24.8 Å². The van der Waals surface area contributed by atoms with Crippen molar-refractivity contribution < 1.29 is 37.8 Å². The van der Waals surface area contributed by atoms with Crippen LogP contribution < -0.4 is 10.6 Å². The molecular formula is C16H23F3N2O5. The summed E-state index contributed by atoms with van der Waals surface area (Å²) in [7, 11) is 0. The van der Waals surface area contributed by atoms with Crippen molar-refractivity contribution in [3.63, 3.8) is 0 Å². The Bertz CT molecular complexity index is 548. The Hall–Kier alpha value is -2.36. The lowest BCUT2D eigenvalue weighted by Gasteiger charge is -2.17. The molecule has 0 aromatic carbocycles. The van der Waals surface area contributed by atoms with E-state index in [4.69, 9.17) is 15.0 Å². The van der Waals surface area contributed by atoms with Crippen LogP contribution in [0, 0.1) is 5.92 Å². The number of alkyl halides is 3. The number of halogens is 3. The van der Waals surface area contributed by atoms with E-state index >= 15 is 0 Å². The van der Waals surface area contributed by atoms with Crippen molar-refractivity contribution in [2.75, 3.05) is 6.54 Å². The molecule has 1 aliphatic heterocycles. The minimum Gasteiger partial charge on any atom is -0.480 e. The maximum Gasteiger partial charge on any atom is 0.490 e. The van der Waals surface area contributed by atoms with E-state index in [1.807, 2.05) is 6.08 Å². The molecule has 7 nitrogen and oxygen atoms in total. The molecule has 1 heterocycles. The van der Waals surface area contributed by atoms with Gasteiger partial charge in [0.1, 0.15) is 6.04 Å². The Morgan fingerprint density at radius 3 is 2.23 bits per heavy atom. The number of aliphatic carboxylic acids is 2. The van der Waals surface area contributed by atoms with Crippen molar-refractivity contribution in [1.29, 1.82) is 0 Å². The number of rotatable bonds is 7. The molecule has 0 aromatic rings. The molecule has 1 rings (SSSR count). The van der Waals surface area contributed by atoms with Crippen LogP contribution in [0.4, 0.5) is 13.2 Å². The molecule has 148 valence electrons. The summed E-state index contributed by atoms with van der Waals surface area (Å²) >= 11 is 0. The van der Waals surface area contributed by atoms with Gasteiger partial charge in [0, 0.05) is 19.5 Å². The number of carbonyl (C=O) groups excluding carboxylic acids is 1. The maximum atomic E-state index is 11.0. The molecule has 1 aliphatic rings. The molecule has 0 saturated carbocycles. The third-order valence-electron chi connectivity index (χ3n) is 3.68. The molecule has 4 N–H and O–H groups in total. The van der Waals surface area contributed by atoms with Gasteiger partial charge in [0.15, 0.2) is 0 Å². The molecule has 0 bridgehead atoms. The van der Waals surface area contributed by atoms with E-state index in [2.05, 4.69) is 23.8 Å². The first-order chi connectivity index (χ1) is 11.9. The molecule has 1 fully saturated rings. The van der Waals surface area contributed by atoms with Crippen LogP contribution in [0.15, 0.2) is 24.8 Å². The van der Waals surface area contributed by atoms with E-state index < -0.39 is 24.2 Å². The number of hydrogen-bond donors (Lipinski definition) is 4. The van der Waals surface area contributed by atoms with Crippen LogP contribution in [0.1, 0.15) is 26.2 Å². The monoisotopic (exact) mass is 380 g/mol. The highest BCUT2D eigenvalue weighted by Crippen LogP contribution is 2.25. The molecule has 1 amide bonds. The van der Waals surface area contributed by atoms with Gasteiger partial charge in [-0.15, -0.1) is 6.58 Å². The van der Waals surface area contributed by atoms with Crippen molar-refractivity contribution in [1.82, 2.24) is 10.6 Å². The first-order valence-electron chi connectivity index (χ1n) is 7.71. The lowest BCUT2D eigenvalue weighted by molar-refractivity contribution is -0.192. The van der Waals surface area contributed by atoms with Crippen LogP contribution in [0.25, 0.3) is 0 Å². The van der Waals surface area contributed by atoms with Crippen LogP contribution in [0.5, 0.6) is 0 Å². The number of carboxylic acids is 2. The summed E-state index contributed by atoms with van der Waals surface area (Å²) in [6.45, 7) is 9.61. The van der Waals surface area contributed by atoms with Crippen LogP contribution in [-0.4, -0.2) is 52.9 Å². The molecule has 1 saturated heterocycles. The fraction of sp³-hybridized carbons (Fsp3) is 0.562. The minimum absolute atomic E-state index is 0.0740. The number of carboxylic acid groups (broad SMARTS) is 2. The largest absolute Gasteiger partial charge is 0.490 e. The highest BCUT2D eigenvalue weighted by atomic mass is 19.4. The number of amides is 1. The lowest BCUT2D eigenvalue weighted by Crippen LogP contribution is -2.36. The average molecular weight is 380 g/mol. The second kappa shape index (κ2) is 10.6. The fourth-order valence-electron chi connectivity index (χ4n) is 2.31. The normalized spacial score (nSPS) is 21.9. The van der Waals surface area contributed by atoms with E-state index in [1.165, 1.54) is 6.92 Å². The Kier molecular flexibility index (Phi) is 9.63. The second-order valence-electron chi connectivity index (χ2n) is 5.80. The van der Waals surface area contributed by atoms with Crippen molar-refractivity contribution >= 4 is 17.8 Å². The van der Waals surface area contributed by atoms with Gasteiger partial charge in [-0.3, -0.25) is 9.59 Å². The molecule has 0 aromatic heterocycles.